The first-order valence-corrected chi connectivity index (χ1v) is 21.8. The van der Waals surface area contributed by atoms with Crippen molar-refractivity contribution in [3.05, 3.63) is 223 Å². The largest absolute Gasteiger partial charge is 0.309 e. The zero-order chi connectivity index (χ0) is 43.2. The van der Waals surface area contributed by atoms with Gasteiger partial charge < -0.3 is 13.7 Å². The first kappa shape index (κ1) is 36.5. The Morgan fingerprint density at radius 2 is 0.754 bits per heavy atom. The number of nitrogens with zero attached hydrogens (tertiary/aromatic N) is 5. The Kier molecular flexibility index (Phi) is 7.97. The average molecular weight is 826 g/mol. The highest BCUT2D eigenvalue weighted by atomic mass is 15.0. The van der Waals surface area contributed by atoms with E-state index < -0.39 is 0 Å². The van der Waals surface area contributed by atoms with Crippen molar-refractivity contribution >= 4 is 76.2 Å². The molecular formula is C60H35N5. The third-order valence-corrected chi connectivity index (χ3v) is 13.3. The van der Waals surface area contributed by atoms with E-state index in [-0.39, 0.29) is 0 Å². The van der Waals surface area contributed by atoms with E-state index in [0.717, 1.165) is 99.0 Å². The molecule has 13 aromatic rings. The summed E-state index contributed by atoms with van der Waals surface area (Å²) in [6, 6.07) is 79.5. The Morgan fingerprint density at radius 3 is 1.34 bits per heavy atom. The average Bonchev–Trinajstić information content (AvgIpc) is 4.01. The van der Waals surface area contributed by atoms with Gasteiger partial charge in [0, 0.05) is 43.7 Å². The minimum absolute atomic E-state index is 0.412. The van der Waals surface area contributed by atoms with Crippen molar-refractivity contribution in [2.45, 2.75) is 0 Å². The third kappa shape index (κ3) is 5.44. The van der Waals surface area contributed by atoms with Crippen LogP contribution in [0.4, 0.5) is 0 Å². The predicted molar refractivity (Wildman–Crippen MR) is 267 cm³/mol. The summed E-state index contributed by atoms with van der Waals surface area (Å²) >= 11 is 0. The van der Waals surface area contributed by atoms with Crippen LogP contribution >= 0.6 is 0 Å². The Balaban J connectivity index is 1.07. The molecule has 3 heterocycles. The normalized spacial score (nSPS) is 11.7. The topological polar surface area (TPSA) is 62.4 Å². The fourth-order valence-corrected chi connectivity index (χ4v) is 10.4. The Labute approximate surface area is 373 Å². The smallest absolute Gasteiger partial charge is 0.101 e. The lowest BCUT2D eigenvalue weighted by Gasteiger charge is -2.16. The first-order valence-electron chi connectivity index (χ1n) is 21.8. The Hall–Kier alpha value is -9.16. The molecule has 0 radical (unpaired) electrons. The van der Waals surface area contributed by atoms with Gasteiger partial charge in [0.2, 0.25) is 0 Å². The van der Waals surface area contributed by atoms with E-state index in [2.05, 4.69) is 214 Å². The van der Waals surface area contributed by atoms with Crippen LogP contribution in [0.1, 0.15) is 11.1 Å². The number of rotatable bonds is 5. The van der Waals surface area contributed by atoms with Crippen molar-refractivity contribution in [3.8, 4) is 51.5 Å². The van der Waals surface area contributed by atoms with Crippen LogP contribution in [0.5, 0.6) is 0 Å². The second-order valence-corrected chi connectivity index (χ2v) is 16.7. The Morgan fingerprint density at radius 1 is 0.292 bits per heavy atom. The van der Waals surface area contributed by atoms with Crippen LogP contribution in [-0.2, 0) is 0 Å². The standard InChI is InChI=1S/C60H35N5/c61-36-43-31-46(32-44(37-62)60(43)65-55-27-24-41(38-13-3-1-4-14-38)33-50(55)51-34-42(25-28-56(51)65)39-15-5-2-6-16-39)64-57-30-26-45(35-52(57)59-47-18-8-7-17-40(47)23-29-58(59)64)63-53-21-11-9-19-48(53)49-20-10-12-22-54(49)63/h1-35H. The minimum Gasteiger partial charge on any atom is -0.309 e. The van der Waals surface area contributed by atoms with E-state index in [1.165, 1.54) is 10.8 Å². The van der Waals surface area contributed by atoms with Gasteiger partial charge in [-0.25, -0.2) is 0 Å². The van der Waals surface area contributed by atoms with Gasteiger partial charge in [0.25, 0.3) is 0 Å². The lowest BCUT2D eigenvalue weighted by atomic mass is 10.0. The van der Waals surface area contributed by atoms with E-state index in [1.807, 2.05) is 24.3 Å². The molecule has 300 valence electrons. The summed E-state index contributed by atoms with van der Waals surface area (Å²) in [7, 11) is 0. The number of aromatic nitrogens is 3. The molecule has 0 aliphatic heterocycles. The van der Waals surface area contributed by atoms with E-state index in [0.29, 0.717) is 16.8 Å². The number of fused-ring (bicyclic) bond motifs is 11. The number of hydrogen-bond donors (Lipinski definition) is 0. The molecular weight excluding hydrogens is 791 g/mol. The van der Waals surface area contributed by atoms with Gasteiger partial charge in [-0.05, 0) is 106 Å². The highest BCUT2D eigenvalue weighted by molar-refractivity contribution is 6.22. The quantitative estimate of drug-likeness (QED) is 0.173. The van der Waals surface area contributed by atoms with Crippen LogP contribution < -0.4 is 0 Å². The molecule has 13 rings (SSSR count). The molecule has 0 amide bonds. The molecule has 0 fully saturated rings. The van der Waals surface area contributed by atoms with E-state index >= 15 is 0 Å². The monoisotopic (exact) mass is 825 g/mol. The summed E-state index contributed by atoms with van der Waals surface area (Å²) in [5, 5.41) is 31.4. The zero-order valence-electron chi connectivity index (χ0n) is 34.9. The second-order valence-electron chi connectivity index (χ2n) is 16.7. The lowest BCUT2D eigenvalue weighted by Crippen LogP contribution is -2.04. The highest BCUT2D eigenvalue weighted by Crippen LogP contribution is 2.43. The van der Waals surface area contributed by atoms with Gasteiger partial charge in [-0.15, -0.1) is 0 Å². The van der Waals surface area contributed by atoms with Crippen LogP contribution in [0, 0.1) is 22.7 Å². The molecule has 0 saturated carbocycles. The molecule has 0 spiro atoms. The van der Waals surface area contributed by atoms with Crippen molar-refractivity contribution in [1.82, 2.24) is 13.7 Å². The van der Waals surface area contributed by atoms with Crippen molar-refractivity contribution in [2.24, 2.45) is 0 Å². The van der Waals surface area contributed by atoms with Crippen LogP contribution in [0.3, 0.4) is 0 Å². The van der Waals surface area contributed by atoms with Gasteiger partial charge in [0.05, 0.1) is 49.9 Å². The van der Waals surface area contributed by atoms with Crippen LogP contribution in [0.25, 0.3) is 116 Å². The summed E-state index contributed by atoms with van der Waals surface area (Å²) in [5.74, 6) is 0. The lowest BCUT2D eigenvalue weighted by molar-refractivity contribution is 1.12. The molecule has 0 bridgehead atoms. The Bertz CT molecular complexity index is 4010. The fourth-order valence-electron chi connectivity index (χ4n) is 10.4. The molecule has 5 heteroatoms. The van der Waals surface area contributed by atoms with Gasteiger partial charge in [0.1, 0.15) is 12.1 Å². The molecule has 0 unspecified atom stereocenters. The number of para-hydroxylation sites is 2. The number of benzene rings is 10. The summed E-state index contributed by atoms with van der Waals surface area (Å²) in [4.78, 5) is 0. The van der Waals surface area contributed by atoms with Gasteiger partial charge in [-0.2, -0.15) is 10.5 Å². The third-order valence-electron chi connectivity index (χ3n) is 13.3. The van der Waals surface area contributed by atoms with Crippen molar-refractivity contribution in [2.75, 3.05) is 0 Å². The van der Waals surface area contributed by atoms with Crippen molar-refractivity contribution in [1.29, 1.82) is 10.5 Å². The second kappa shape index (κ2) is 14.2. The zero-order valence-corrected chi connectivity index (χ0v) is 34.9. The van der Waals surface area contributed by atoms with Gasteiger partial charge in [-0.3, -0.25) is 0 Å². The molecule has 5 nitrogen and oxygen atoms in total. The number of hydrogen-bond acceptors (Lipinski definition) is 2. The van der Waals surface area contributed by atoms with Crippen molar-refractivity contribution in [3.63, 3.8) is 0 Å². The summed E-state index contributed by atoms with van der Waals surface area (Å²) in [6.45, 7) is 0. The van der Waals surface area contributed by atoms with E-state index in [1.54, 1.807) is 0 Å². The molecule has 0 aliphatic carbocycles. The fraction of sp³-hybridized carbons (Fsp3) is 0. The van der Waals surface area contributed by atoms with Crippen LogP contribution in [-0.4, -0.2) is 13.7 Å². The summed E-state index contributed by atoms with van der Waals surface area (Å²) in [5.41, 5.74) is 13.8. The molecule has 10 aromatic carbocycles. The maximum atomic E-state index is 11.2. The predicted octanol–water partition coefficient (Wildman–Crippen LogP) is 15.2. The van der Waals surface area contributed by atoms with Crippen molar-refractivity contribution < 1.29 is 0 Å². The summed E-state index contributed by atoms with van der Waals surface area (Å²) < 4.78 is 6.70. The maximum Gasteiger partial charge on any atom is 0.101 e. The first-order chi connectivity index (χ1) is 32.2. The van der Waals surface area contributed by atoms with E-state index in [4.69, 9.17) is 0 Å². The molecule has 0 saturated heterocycles. The summed E-state index contributed by atoms with van der Waals surface area (Å²) in [6.07, 6.45) is 0. The molecule has 0 aliphatic rings. The highest BCUT2D eigenvalue weighted by Gasteiger charge is 2.24. The number of nitriles is 2. The van der Waals surface area contributed by atoms with Crippen LogP contribution in [0.2, 0.25) is 0 Å². The van der Waals surface area contributed by atoms with Gasteiger partial charge >= 0.3 is 0 Å². The van der Waals surface area contributed by atoms with Crippen LogP contribution in [0.15, 0.2) is 212 Å². The minimum atomic E-state index is 0.412. The maximum absolute atomic E-state index is 11.2. The molecule has 0 N–H and O–H groups in total. The molecule has 3 aromatic heterocycles. The molecule has 65 heavy (non-hydrogen) atoms. The van der Waals surface area contributed by atoms with E-state index in [9.17, 15) is 10.5 Å². The van der Waals surface area contributed by atoms with Gasteiger partial charge in [-0.1, -0.05) is 140 Å². The molecule has 0 atom stereocenters. The van der Waals surface area contributed by atoms with Gasteiger partial charge in [0.15, 0.2) is 0 Å². The SMILES string of the molecule is N#Cc1cc(-n2c3ccc(-n4c5ccccc5c5ccccc54)cc3c3c4ccccc4ccc32)cc(C#N)c1-n1c2ccc(-c3ccccc3)cc2c2cc(-c3ccccc3)ccc21.